The van der Waals surface area contributed by atoms with Crippen LogP contribution in [0.4, 0.5) is 0 Å². The number of carboxylic acids is 2. The number of carbonyl (C=O) groups excluding carboxylic acids is 2. The second kappa shape index (κ2) is 17.1. The van der Waals surface area contributed by atoms with Gasteiger partial charge in [-0.25, -0.2) is 0 Å². The smallest absolute Gasteiger partial charge is 0.303 e. The van der Waals surface area contributed by atoms with Crippen LogP contribution in [0, 0.1) is 13.8 Å². The first-order valence-corrected chi connectivity index (χ1v) is 12.1. The minimum absolute atomic E-state index is 0.0679. The van der Waals surface area contributed by atoms with E-state index in [-0.39, 0.29) is 37.2 Å². The number of nitrogens with zero attached hydrogens (tertiary/aromatic N) is 1. The van der Waals surface area contributed by atoms with Crippen LogP contribution < -0.4 is 0 Å². The molecule has 1 saturated heterocycles. The molecule has 0 aromatic heterocycles. The minimum Gasteiger partial charge on any atom is -0.481 e. The van der Waals surface area contributed by atoms with E-state index in [1.807, 2.05) is 38.1 Å². The highest BCUT2D eigenvalue weighted by atomic mass is 16.5. The lowest BCUT2D eigenvalue weighted by Gasteiger charge is -2.24. The Kier molecular flexibility index (Phi) is 14.6. The van der Waals surface area contributed by atoms with Crippen molar-refractivity contribution >= 4 is 23.5 Å². The summed E-state index contributed by atoms with van der Waals surface area (Å²) in [5, 5.41) is 16.8. The van der Waals surface area contributed by atoms with Gasteiger partial charge in [0.05, 0.1) is 26.1 Å². The molecule has 0 bridgehead atoms. The fraction of sp³-hybridized carbons (Fsp3) is 0.429. The lowest BCUT2D eigenvalue weighted by atomic mass is 10.1. The third-order valence-corrected chi connectivity index (χ3v) is 5.43. The average Bonchev–Trinajstić information content (AvgIpc) is 2.88. The molecular weight excluding hydrogens is 462 g/mol. The lowest BCUT2D eigenvalue weighted by Crippen LogP contribution is -2.35. The van der Waals surface area contributed by atoms with Crippen LogP contribution in [-0.2, 0) is 14.3 Å². The molecule has 1 fully saturated rings. The SMILES string of the molecule is CCN1CCOCC1.Cc1ccc(C(=O)CCC(=O)O)cc1.Cc1ccc(C(=O)CCC(=O)O)cc1. The maximum Gasteiger partial charge on any atom is 0.303 e. The van der Waals surface area contributed by atoms with E-state index in [0.717, 1.165) is 37.4 Å². The van der Waals surface area contributed by atoms with Crippen LogP contribution in [-0.4, -0.2) is 71.5 Å². The number of ether oxygens (including phenoxy) is 1. The van der Waals surface area contributed by atoms with Gasteiger partial charge >= 0.3 is 11.9 Å². The molecule has 0 amide bonds. The van der Waals surface area contributed by atoms with Crippen LogP contribution in [0.2, 0.25) is 0 Å². The summed E-state index contributed by atoms with van der Waals surface area (Å²) in [6.45, 7) is 11.3. The molecule has 8 nitrogen and oxygen atoms in total. The molecule has 0 unspecified atom stereocenters. The van der Waals surface area contributed by atoms with Crippen LogP contribution in [0.3, 0.4) is 0 Å². The lowest BCUT2D eigenvalue weighted by molar-refractivity contribution is -0.137. The molecule has 1 aliphatic heterocycles. The average molecular weight is 500 g/mol. The fourth-order valence-corrected chi connectivity index (χ4v) is 3.13. The maximum absolute atomic E-state index is 11.4. The molecule has 1 aliphatic rings. The Morgan fingerprint density at radius 3 is 1.33 bits per heavy atom. The number of carbonyl (C=O) groups is 4. The van der Waals surface area contributed by atoms with Gasteiger partial charge in [0.25, 0.3) is 0 Å². The van der Waals surface area contributed by atoms with E-state index < -0.39 is 11.9 Å². The van der Waals surface area contributed by atoms with E-state index in [0.29, 0.717) is 11.1 Å². The monoisotopic (exact) mass is 499 g/mol. The summed E-state index contributed by atoms with van der Waals surface area (Å²) >= 11 is 0. The molecule has 0 atom stereocenters. The first-order chi connectivity index (χ1) is 17.1. The van der Waals surface area contributed by atoms with Crippen molar-refractivity contribution in [1.29, 1.82) is 0 Å². The van der Waals surface area contributed by atoms with Gasteiger partial charge in [-0.05, 0) is 20.4 Å². The zero-order chi connectivity index (χ0) is 26.9. The van der Waals surface area contributed by atoms with Crippen molar-refractivity contribution < 1.29 is 34.1 Å². The molecule has 8 heteroatoms. The number of aryl methyl sites for hydroxylation is 2. The molecule has 3 rings (SSSR count). The van der Waals surface area contributed by atoms with Crippen molar-refractivity contribution in [2.75, 3.05) is 32.8 Å². The Bertz CT molecular complexity index is 891. The normalized spacial score (nSPS) is 12.9. The van der Waals surface area contributed by atoms with Gasteiger partial charge in [0.1, 0.15) is 0 Å². The van der Waals surface area contributed by atoms with E-state index in [2.05, 4.69) is 11.8 Å². The summed E-state index contributed by atoms with van der Waals surface area (Å²) in [6, 6.07) is 14.3. The van der Waals surface area contributed by atoms with Crippen molar-refractivity contribution in [3.8, 4) is 0 Å². The number of rotatable bonds is 9. The minimum atomic E-state index is -0.939. The molecule has 2 N–H and O–H groups in total. The Balaban J connectivity index is 0.000000281. The summed E-state index contributed by atoms with van der Waals surface area (Å²) in [5.74, 6) is -2.12. The Morgan fingerprint density at radius 1 is 0.694 bits per heavy atom. The number of likely N-dealkylation sites (N-methyl/N-ethyl adjacent to an activating group) is 1. The molecule has 2 aromatic rings. The number of benzene rings is 2. The van der Waals surface area contributed by atoms with Gasteiger partial charge in [0.2, 0.25) is 0 Å². The van der Waals surface area contributed by atoms with Gasteiger partial charge in [-0.3, -0.25) is 24.1 Å². The van der Waals surface area contributed by atoms with Crippen LogP contribution in [0.5, 0.6) is 0 Å². The highest BCUT2D eigenvalue weighted by molar-refractivity contribution is 5.98. The predicted octanol–water partition coefficient (Wildman–Crippen LogP) is 4.42. The second-order valence-corrected chi connectivity index (χ2v) is 8.41. The zero-order valence-corrected chi connectivity index (χ0v) is 21.4. The fourth-order valence-electron chi connectivity index (χ4n) is 3.13. The molecule has 0 aliphatic carbocycles. The molecule has 2 aromatic carbocycles. The maximum atomic E-state index is 11.4. The van der Waals surface area contributed by atoms with Crippen molar-refractivity contribution in [2.45, 2.75) is 46.5 Å². The van der Waals surface area contributed by atoms with E-state index in [4.69, 9.17) is 14.9 Å². The number of hydrogen-bond donors (Lipinski definition) is 2. The summed E-state index contributed by atoms with van der Waals surface area (Å²) in [6.07, 6.45) is -0.0732. The van der Waals surface area contributed by atoms with Crippen LogP contribution >= 0.6 is 0 Å². The predicted molar refractivity (Wildman–Crippen MR) is 138 cm³/mol. The van der Waals surface area contributed by atoms with Gasteiger partial charge in [-0.1, -0.05) is 66.6 Å². The zero-order valence-electron chi connectivity index (χ0n) is 21.4. The number of hydrogen-bond acceptors (Lipinski definition) is 6. The summed E-state index contributed by atoms with van der Waals surface area (Å²) in [4.78, 5) is 45.7. The van der Waals surface area contributed by atoms with E-state index in [1.54, 1.807) is 24.3 Å². The molecule has 0 spiro atoms. The molecule has 36 heavy (non-hydrogen) atoms. The Labute approximate surface area is 212 Å². The molecule has 0 saturated carbocycles. The summed E-state index contributed by atoms with van der Waals surface area (Å²) < 4.78 is 5.16. The van der Waals surface area contributed by atoms with Crippen molar-refractivity contribution in [2.24, 2.45) is 0 Å². The molecule has 0 radical (unpaired) electrons. The summed E-state index contributed by atoms with van der Waals surface area (Å²) in [7, 11) is 0. The highest BCUT2D eigenvalue weighted by Gasteiger charge is 2.08. The quantitative estimate of drug-likeness (QED) is 0.486. The van der Waals surface area contributed by atoms with Crippen LogP contribution in [0.25, 0.3) is 0 Å². The number of Topliss-reactive ketones (excluding diaryl/α,β-unsaturated/α-hetero) is 2. The van der Waals surface area contributed by atoms with Crippen molar-refractivity contribution in [3.63, 3.8) is 0 Å². The first-order valence-electron chi connectivity index (χ1n) is 12.1. The standard InChI is InChI=1S/2C11H12O3.C6H13NO/c2*1-8-2-4-9(5-3-8)10(12)6-7-11(13)14;1-2-7-3-5-8-6-4-7/h2*2-5H,6-7H2,1H3,(H,13,14);2-6H2,1H3. The third-order valence-electron chi connectivity index (χ3n) is 5.43. The van der Waals surface area contributed by atoms with E-state index >= 15 is 0 Å². The number of morpholine rings is 1. The Hall–Kier alpha value is -3.36. The topological polar surface area (TPSA) is 121 Å². The van der Waals surface area contributed by atoms with Gasteiger partial charge in [-0.15, -0.1) is 0 Å². The highest BCUT2D eigenvalue weighted by Crippen LogP contribution is 2.08. The largest absolute Gasteiger partial charge is 0.481 e. The van der Waals surface area contributed by atoms with Crippen LogP contribution in [0.1, 0.15) is 64.4 Å². The number of ketones is 2. The van der Waals surface area contributed by atoms with Crippen molar-refractivity contribution in [1.82, 2.24) is 4.90 Å². The van der Waals surface area contributed by atoms with E-state index in [9.17, 15) is 19.2 Å². The van der Waals surface area contributed by atoms with E-state index in [1.165, 1.54) is 6.54 Å². The third kappa shape index (κ3) is 13.5. The van der Waals surface area contributed by atoms with Gasteiger partial charge < -0.3 is 14.9 Å². The van der Waals surface area contributed by atoms with Gasteiger partial charge in [0, 0.05) is 37.1 Å². The molecule has 196 valence electrons. The number of aliphatic carboxylic acids is 2. The van der Waals surface area contributed by atoms with Gasteiger partial charge in [-0.2, -0.15) is 0 Å². The second-order valence-electron chi connectivity index (χ2n) is 8.41. The Morgan fingerprint density at radius 2 is 1.06 bits per heavy atom. The summed E-state index contributed by atoms with van der Waals surface area (Å²) in [5.41, 5.74) is 3.33. The molecule has 1 heterocycles. The van der Waals surface area contributed by atoms with Gasteiger partial charge in [0.15, 0.2) is 11.6 Å². The first kappa shape index (κ1) is 30.7. The van der Waals surface area contributed by atoms with Crippen molar-refractivity contribution in [3.05, 3.63) is 70.8 Å². The molecular formula is C28H37NO7. The number of carboxylic acid groups (broad SMARTS) is 2. The van der Waals surface area contributed by atoms with Crippen LogP contribution in [0.15, 0.2) is 48.5 Å².